The van der Waals surface area contributed by atoms with Crippen molar-refractivity contribution in [3.05, 3.63) is 35.9 Å². The average Bonchev–Trinajstić information content (AvgIpc) is 2.48. The van der Waals surface area contributed by atoms with E-state index in [9.17, 15) is 8.42 Å². The van der Waals surface area contributed by atoms with Crippen LogP contribution < -0.4 is 4.74 Å². The Morgan fingerprint density at radius 1 is 1.15 bits per heavy atom. The third-order valence-corrected chi connectivity index (χ3v) is 2.90. The number of hydrogen-bond donors (Lipinski definition) is 0. The normalized spacial score (nSPS) is 11.0. The van der Waals surface area contributed by atoms with Gasteiger partial charge in [-0.3, -0.25) is 4.18 Å². The number of allylic oxidation sites excluding steroid dienone is 1. The first-order valence-corrected chi connectivity index (χ1v) is 7.72. The molecule has 0 aliphatic heterocycles. The molecule has 5 nitrogen and oxygen atoms in total. The Hall–Kier alpha value is -1.37. The fourth-order valence-electron chi connectivity index (χ4n) is 1.27. The summed E-state index contributed by atoms with van der Waals surface area (Å²) in [7, 11) is -2.85. The highest BCUT2D eigenvalue weighted by atomic mass is 32.3. The second-order valence-corrected chi connectivity index (χ2v) is 4.67. The topological polar surface area (TPSA) is 61.8 Å². The minimum atomic E-state index is -3.89. The maximum absolute atomic E-state index is 10.9. The predicted molar refractivity (Wildman–Crippen MR) is 79.9 cm³/mol. The Labute approximate surface area is 121 Å². The molecule has 0 fully saturated rings. The van der Waals surface area contributed by atoms with Crippen LogP contribution in [0.1, 0.15) is 26.3 Å². The second-order valence-electron chi connectivity index (χ2n) is 3.28. The van der Waals surface area contributed by atoms with Crippen molar-refractivity contribution >= 4 is 16.5 Å². The van der Waals surface area contributed by atoms with E-state index < -0.39 is 10.4 Å². The summed E-state index contributed by atoms with van der Waals surface area (Å²) in [5, 5.41) is 0. The van der Waals surface area contributed by atoms with Gasteiger partial charge in [0.15, 0.2) is 0 Å². The molecule has 0 spiro atoms. The lowest BCUT2D eigenvalue weighted by Gasteiger charge is -2.09. The van der Waals surface area contributed by atoms with E-state index in [2.05, 4.69) is 8.37 Å². The molecule has 0 aromatic heterocycles. The molecule has 1 aromatic carbocycles. The Morgan fingerprint density at radius 2 is 1.80 bits per heavy atom. The van der Waals surface area contributed by atoms with Gasteiger partial charge in [0.2, 0.25) is 0 Å². The minimum absolute atomic E-state index is 0.0969. The van der Waals surface area contributed by atoms with Gasteiger partial charge in [-0.25, -0.2) is 4.18 Å². The van der Waals surface area contributed by atoms with Gasteiger partial charge in [0.25, 0.3) is 0 Å². The number of rotatable bonds is 7. The Bertz CT molecular complexity index is 494. The zero-order valence-corrected chi connectivity index (χ0v) is 13.1. The van der Waals surface area contributed by atoms with Crippen molar-refractivity contribution in [2.24, 2.45) is 0 Å². The van der Waals surface area contributed by atoms with Crippen LogP contribution >= 0.6 is 0 Å². The van der Waals surface area contributed by atoms with Crippen LogP contribution in [0.4, 0.5) is 0 Å². The van der Waals surface area contributed by atoms with Crippen molar-refractivity contribution in [1.29, 1.82) is 0 Å². The van der Waals surface area contributed by atoms with Crippen molar-refractivity contribution in [3.63, 3.8) is 0 Å². The highest BCUT2D eigenvalue weighted by Crippen LogP contribution is 2.19. The zero-order chi connectivity index (χ0) is 15.4. The molecule has 0 atom stereocenters. The van der Waals surface area contributed by atoms with Crippen molar-refractivity contribution in [2.45, 2.75) is 20.8 Å². The van der Waals surface area contributed by atoms with Crippen LogP contribution in [0.15, 0.2) is 30.3 Å². The summed E-state index contributed by atoms with van der Waals surface area (Å²) in [6.07, 6.45) is 3.80. The fourth-order valence-corrected chi connectivity index (χ4v) is 1.63. The highest BCUT2D eigenvalue weighted by molar-refractivity contribution is 7.81. The summed E-state index contributed by atoms with van der Waals surface area (Å²) in [5.41, 5.74) is 0.926. The monoisotopic (exact) mass is 302 g/mol. The van der Waals surface area contributed by atoms with Crippen LogP contribution in [-0.2, 0) is 18.8 Å². The van der Waals surface area contributed by atoms with Gasteiger partial charge < -0.3 is 4.74 Å². The number of benzene rings is 1. The summed E-state index contributed by atoms with van der Waals surface area (Å²) in [6, 6.07) is 7.45. The first kappa shape index (κ1) is 18.6. The molecule has 0 radical (unpaired) electrons. The van der Waals surface area contributed by atoms with E-state index in [1.807, 2.05) is 51.1 Å². The van der Waals surface area contributed by atoms with Gasteiger partial charge >= 0.3 is 10.4 Å². The molecule has 6 heteroatoms. The summed E-state index contributed by atoms with van der Waals surface area (Å²) >= 11 is 0. The largest absolute Gasteiger partial charge is 0.491 e. The van der Waals surface area contributed by atoms with Crippen LogP contribution in [0.2, 0.25) is 0 Å². The lowest BCUT2D eigenvalue weighted by Crippen LogP contribution is -2.13. The number of ether oxygens (including phenoxy) is 1. The van der Waals surface area contributed by atoms with E-state index in [1.165, 1.54) is 0 Å². The van der Waals surface area contributed by atoms with Gasteiger partial charge in [0.1, 0.15) is 19.0 Å². The third kappa shape index (κ3) is 7.28. The van der Waals surface area contributed by atoms with E-state index in [4.69, 9.17) is 4.74 Å². The highest BCUT2D eigenvalue weighted by Gasteiger charge is 2.08. The molecule has 1 rings (SSSR count). The van der Waals surface area contributed by atoms with E-state index in [0.29, 0.717) is 5.75 Å². The maximum atomic E-state index is 10.9. The van der Waals surface area contributed by atoms with Crippen LogP contribution in [0, 0.1) is 0 Å². The van der Waals surface area contributed by atoms with Crippen LogP contribution in [0.3, 0.4) is 0 Å². The molecule has 0 amide bonds. The molecule has 0 N–H and O–H groups in total. The molecule has 20 heavy (non-hydrogen) atoms. The first-order valence-electron chi connectivity index (χ1n) is 6.38. The van der Waals surface area contributed by atoms with Gasteiger partial charge in [-0.2, -0.15) is 8.42 Å². The SMILES string of the molecule is C/C=C/c1ccccc1OCCOS(=O)(=O)OC.CC. The fraction of sp³-hybridized carbons (Fsp3) is 0.429. The molecule has 0 aliphatic carbocycles. The van der Waals surface area contributed by atoms with Gasteiger partial charge in [-0.1, -0.05) is 44.2 Å². The first-order chi connectivity index (χ1) is 9.59. The minimum Gasteiger partial charge on any atom is -0.491 e. The summed E-state index contributed by atoms with van der Waals surface area (Å²) < 4.78 is 35.8. The molecule has 0 bridgehead atoms. The van der Waals surface area contributed by atoms with Crippen LogP contribution in [-0.4, -0.2) is 28.7 Å². The summed E-state index contributed by atoms with van der Waals surface area (Å²) in [4.78, 5) is 0. The summed E-state index contributed by atoms with van der Waals surface area (Å²) in [5.74, 6) is 0.675. The average molecular weight is 302 g/mol. The smallest absolute Gasteiger partial charge is 0.399 e. The molecule has 0 unspecified atom stereocenters. The molecule has 1 aromatic rings. The molecular formula is C14H22O5S. The van der Waals surface area contributed by atoms with E-state index in [-0.39, 0.29) is 13.2 Å². The van der Waals surface area contributed by atoms with Gasteiger partial charge in [-0.15, -0.1) is 0 Å². The number of para-hydroxylation sites is 1. The van der Waals surface area contributed by atoms with Crippen molar-refractivity contribution in [2.75, 3.05) is 20.3 Å². The van der Waals surface area contributed by atoms with Gasteiger partial charge in [0.05, 0.1) is 7.11 Å². The Morgan fingerprint density at radius 3 is 2.40 bits per heavy atom. The lowest BCUT2D eigenvalue weighted by molar-refractivity contribution is 0.191. The zero-order valence-electron chi connectivity index (χ0n) is 12.3. The van der Waals surface area contributed by atoms with Crippen molar-refractivity contribution in [1.82, 2.24) is 0 Å². The van der Waals surface area contributed by atoms with E-state index in [1.54, 1.807) is 6.07 Å². The van der Waals surface area contributed by atoms with Gasteiger partial charge in [-0.05, 0) is 13.0 Å². The van der Waals surface area contributed by atoms with Crippen molar-refractivity contribution in [3.8, 4) is 5.75 Å². The van der Waals surface area contributed by atoms with E-state index >= 15 is 0 Å². The number of hydrogen-bond acceptors (Lipinski definition) is 5. The predicted octanol–water partition coefficient (Wildman–Crippen LogP) is 3.03. The molecule has 0 saturated heterocycles. The molecule has 0 saturated carbocycles. The standard InChI is InChI=1S/C12H16O5S.C2H6/c1-3-6-11-7-4-5-8-12(11)16-9-10-17-18(13,14)15-2;1-2/h3-8H,9-10H2,1-2H3;1-2H3/b6-3+;. The summed E-state index contributed by atoms with van der Waals surface area (Å²) in [6.45, 7) is 5.93. The van der Waals surface area contributed by atoms with E-state index in [0.717, 1.165) is 12.7 Å². The molecule has 114 valence electrons. The Kier molecular flexibility index (Phi) is 9.71. The molecular weight excluding hydrogens is 280 g/mol. The maximum Gasteiger partial charge on any atom is 0.399 e. The quantitative estimate of drug-likeness (QED) is 0.724. The van der Waals surface area contributed by atoms with Gasteiger partial charge in [0, 0.05) is 5.56 Å². The Balaban J connectivity index is 0.00000172. The second kappa shape index (κ2) is 10.4. The molecule has 0 aliphatic rings. The lowest BCUT2D eigenvalue weighted by atomic mass is 10.2. The van der Waals surface area contributed by atoms with Crippen molar-refractivity contribution < 1.29 is 21.5 Å². The third-order valence-electron chi connectivity index (χ3n) is 2.04. The molecule has 0 heterocycles. The van der Waals surface area contributed by atoms with Crippen LogP contribution in [0.5, 0.6) is 5.75 Å². The van der Waals surface area contributed by atoms with Crippen LogP contribution in [0.25, 0.3) is 6.08 Å².